The van der Waals surface area contributed by atoms with Crippen LogP contribution in [-0.4, -0.2) is 0 Å². The van der Waals surface area contributed by atoms with Crippen molar-refractivity contribution in [3.8, 4) is 0 Å². The summed E-state index contributed by atoms with van der Waals surface area (Å²) in [5, 5.41) is 0. The molecule has 0 aromatic heterocycles. The summed E-state index contributed by atoms with van der Waals surface area (Å²) in [6, 6.07) is 0. The van der Waals surface area contributed by atoms with Gasteiger partial charge in [-0.15, -0.1) is 6.42 Å². The van der Waals surface area contributed by atoms with E-state index in [0.717, 1.165) is 6.42 Å². The van der Waals surface area contributed by atoms with Crippen LogP contribution in [0.25, 0.3) is 0 Å². The van der Waals surface area contributed by atoms with E-state index in [0.29, 0.717) is 0 Å². The van der Waals surface area contributed by atoms with Crippen LogP contribution in [0, 0.1) is 6.08 Å². The molecule has 0 fully saturated rings. The van der Waals surface area contributed by atoms with Gasteiger partial charge in [0, 0.05) is 25.8 Å². The molecule has 0 aromatic rings. The summed E-state index contributed by atoms with van der Waals surface area (Å²) in [6.45, 7) is 0. The predicted molar refractivity (Wildman–Crippen MR) is 26.6 cm³/mol. The van der Waals surface area contributed by atoms with Gasteiger partial charge in [0.05, 0.1) is 0 Å². The average molecular weight is 284 g/mol. The van der Waals surface area contributed by atoms with Crippen LogP contribution in [0.15, 0.2) is 18.2 Å². The van der Waals surface area contributed by atoms with E-state index in [1.807, 2.05) is 12.2 Å². The Hall–Kier alpha value is 0.210. The summed E-state index contributed by atoms with van der Waals surface area (Å²) >= 11 is 0. The topological polar surface area (TPSA) is 0 Å². The molecule has 3 heteroatoms. The number of hydrogen-bond donors (Lipinski definition) is 0. The molecule has 0 unspecified atom stereocenters. The van der Waals surface area contributed by atoms with Gasteiger partial charge >= 0.3 is 0 Å². The molecular weight excluding hydrogens is 277 g/mol. The third-order valence-corrected chi connectivity index (χ3v) is 0.586. The second kappa shape index (κ2) is 10.2. The van der Waals surface area contributed by atoms with Gasteiger partial charge in [0.15, 0.2) is 0 Å². The fourth-order valence-corrected chi connectivity index (χ4v) is 0.340. The fourth-order valence-electron chi connectivity index (χ4n) is 0.340. The van der Waals surface area contributed by atoms with E-state index in [9.17, 15) is 0 Å². The SMILES string of the molecule is F.F.[C-]1=CC=CC1.[Hf]. The molecule has 46 valence electrons. The summed E-state index contributed by atoms with van der Waals surface area (Å²) in [4.78, 5) is 0. The van der Waals surface area contributed by atoms with Crippen molar-refractivity contribution in [3.05, 3.63) is 24.3 Å². The maximum atomic E-state index is 2.99. The summed E-state index contributed by atoms with van der Waals surface area (Å²) < 4.78 is 0. The van der Waals surface area contributed by atoms with Crippen LogP contribution in [-0.2, 0) is 25.8 Å². The Labute approximate surface area is 66.2 Å². The van der Waals surface area contributed by atoms with Crippen molar-refractivity contribution in [1.29, 1.82) is 0 Å². The molecule has 0 saturated heterocycles. The average Bonchev–Trinajstić information content (AvgIpc) is 1.76. The van der Waals surface area contributed by atoms with E-state index in [-0.39, 0.29) is 35.3 Å². The van der Waals surface area contributed by atoms with Gasteiger partial charge in [-0.2, -0.15) is 6.08 Å². The minimum atomic E-state index is 0. The van der Waals surface area contributed by atoms with Crippen LogP contribution >= 0.6 is 0 Å². The van der Waals surface area contributed by atoms with Crippen molar-refractivity contribution >= 4 is 0 Å². The zero-order valence-electron chi connectivity index (χ0n) is 4.26. The Bertz CT molecular complexity index is 68.5. The van der Waals surface area contributed by atoms with Crippen molar-refractivity contribution in [2.75, 3.05) is 0 Å². The molecule has 0 nitrogen and oxygen atoms in total. The molecule has 0 atom stereocenters. The Morgan fingerprint density at radius 2 is 1.88 bits per heavy atom. The van der Waals surface area contributed by atoms with E-state index in [2.05, 4.69) is 12.2 Å². The van der Waals surface area contributed by atoms with E-state index in [1.54, 1.807) is 0 Å². The first-order valence-corrected chi connectivity index (χ1v) is 1.72. The van der Waals surface area contributed by atoms with Crippen LogP contribution in [0.2, 0.25) is 0 Å². The third kappa shape index (κ3) is 6.21. The van der Waals surface area contributed by atoms with Crippen molar-refractivity contribution in [2.45, 2.75) is 6.42 Å². The van der Waals surface area contributed by atoms with Gasteiger partial charge in [-0.25, -0.2) is 12.2 Å². The zero-order chi connectivity index (χ0) is 3.54. The predicted octanol–water partition coefficient (Wildman–Crippen LogP) is 1.61. The maximum Gasteiger partial charge on any atom is 0 e. The summed E-state index contributed by atoms with van der Waals surface area (Å²) in [5.74, 6) is 0. The molecule has 1 aliphatic rings. The van der Waals surface area contributed by atoms with E-state index >= 15 is 0 Å². The van der Waals surface area contributed by atoms with Gasteiger partial charge in [0.2, 0.25) is 0 Å². The molecule has 0 radical (unpaired) electrons. The standard InChI is InChI=1S/C5H5.2FH.Hf/c1-2-4-5-3-1;;;/h1-3H,4H2;2*1H;/q-1;;;. The first-order valence-electron chi connectivity index (χ1n) is 1.72. The normalized spacial score (nSPS) is 11.0. The Kier molecular flexibility index (Phi) is 20.1. The smallest absolute Gasteiger partial charge is 0 e. The van der Waals surface area contributed by atoms with Crippen LogP contribution in [0.1, 0.15) is 6.42 Å². The van der Waals surface area contributed by atoms with Gasteiger partial charge in [0.1, 0.15) is 0 Å². The molecule has 0 aliphatic heterocycles. The molecule has 0 saturated carbocycles. The van der Waals surface area contributed by atoms with Crippen molar-refractivity contribution in [2.24, 2.45) is 0 Å². The second-order valence-corrected chi connectivity index (χ2v) is 1.00. The molecule has 1 rings (SSSR count). The largest absolute Gasteiger partial charge is 0.273 e. The number of hydrogen-bond acceptors (Lipinski definition) is 0. The summed E-state index contributed by atoms with van der Waals surface area (Å²) in [6.07, 6.45) is 10.0. The molecule has 8 heavy (non-hydrogen) atoms. The monoisotopic (exact) mass is 285 g/mol. The summed E-state index contributed by atoms with van der Waals surface area (Å²) in [7, 11) is 0. The maximum absolute atomic E-state index is 2.99. The second-order valence-electron chi connectivity index (χ2n) is 1.00. The van der Waals surface area contributed by atoms with Gasteiger partial charge in [-0.05, 0) is 0 Å². The van der Waals surface area contributed by atoms with Crippen molar-refractivity contribution < 1.29 is 35.3 Å². The van der Waals surface area contributed by atoms with Crippen LogP contribution < -0.4 is 0 Å². The zero-order valence-corrected chi connectivity index (χ0v) is 7.85. The molecule has 0 amide bonds. The first kappa shape index (κ1) is 15.7. The van der Waals surface area contributed by atoms with Gasteiger partial charge < -0.3 is 0 Å². The Morgan fingerprint density at radius 3 is 2.00 bits per heavy atom. The van der Waals surface area contributed by atoms with Crippen LogP contribution in [0.5, 0.6) is 0 Å². The number of allylic oxidation sites excluding steroid dienone is 4. The molecule has 1 aliphatic carbocycles. The minimum absolute atomic E-state index is 0. The van der Waals surface area contributed by atoms with Crippen molar-refractivity contribution in [1.82, 2.24) is 0 Å². The Balaban J connectivity index is -0.0000000833. The number of rotatable bonds is 0. The van der Waals surface area contributed by atoms with Gasteiger partial charge in [-0.3, -0.25) is 15.5 Å². The summed E-state index contributed by atoms with van der Waals surface area (Å²) in [5.41, 5.74) is 0. The quantitative estimate of drug-likeness (QED) is 0.468. The Morgan fingerprint density at radius 1 is 1.25 bits per heavy atom. The van der Waals surface area contributed by atoms with Crippen LogP contribution in [0.4, 0.5) is 9.41 Å². The van der Waals surface area contributed by atoms with E-state index in [1.165, 1.54) is 0 Å². The van der Waals surface area contributed by atoms with Gasteiger partial charge in [-0.1, -0.05) is 0 Å². The van der Waals surface area contributed by atoms with E-state index in [4.69, 9.17) is 0 Å². The van der Waals surface area contributed by atoms with Crippen molar-refractivity contribution in [3.63, 3.8) is 0 Å². The van der Waals surface area contributed by atoms with E-state index < -0.39 is 0 Å². The molecule has 0 aromatic carbocycles. The molecule has 0 spiro atoms. The molecule has 0 heterocycles. The molecule has 0 N–H and O–H groups in total. The third-order valence-electron chi connectivity index (χ3n) is 0.586. The first-order chi connectivity index (χ1) is 2.50. The fraction of sp³-hybridized carbons (Fsp3) is 0.200. The molecule has 0 bridgehead atoms. The molecular formula is C5H7F2Hf-. The van der Waals surface area contributed by atoms with Crippen LogP contribution in [0.3, 0.4) is 0 Å². The number of halogens is 2. The minimum Gasteiger partial charge on any atom is -0.273 e. The van der Waals surface area contributed by atoms with Gasteiger partial charge in [0.25, 0.3) is 0 Å².